The van der Waals surface area contributed by atoms with Crippen LogP contribution in [0.3, 0.4) is 0 Å². The van der Waals surface area contributed by atoms with E-state index < -0.39 is 10.0 Å². The summed E-state index contributed by atoms with van der Waals surface area (Å²) < 4.78 is 25.6. The molecule has 2 aromatic carbocycles. The summed E-state index contributed by atoms with van der Waals surface area (Å²) in [6.45, 7) is 0.298. The molecule has 28 heavy (non-hydrogen) atoms. The number of anilines is 1. The zero-order chi connectivity index (χ0) is 20.1. The van der Waals surface area contributed by atoms with E-state index >= 15 is 0 Å². The number of nitrogens with zero attached hydrogens (tertiary/aromatic N) is 1. The Morgan fingerprint density at radius 1 is 1.18 bits per heavy atom. The molecule has 3 aromatic rings. The Balaban J connectivity index is 1.92. The zero-order valence-electron chi connectivity index (χ0n) is 15.0. The van der Waals surface area contributed by atoms with Gasteiger partial charge in [0.15, 0.2) is 0 Å². The second-order valence-corrected chi connectivity index (χ2v) is 8.49. The highest BCUT2D eigenvalue weighted by Gasteiger charge is 2.18. The van der Waals surface area contributed by atoms with Crippen molar-refractivity contribution >= 4 is 33.2 Å². The van der Waals surface area contributed by atoms with Crippen LogP contribution in [0.2, 0.25) is 5.02 Å². The summed E-state index contributed by atoms with van der Waals surface area (Å²) in [6.07, 6.45) is 4.04. The monoisotopic (exact) mass is 418 g/mol. The molecule has 0 saturated heterocycles. The van der Waals surface area contributed by atoms with Gasteiger partial charge in [-0.1, -0.05) is 41.9 Å². The first-order valence-corrected chi connectivity index (χ1v) is 10.7. The molecule has 1 aromatic heterocycles. The Morgan fingerprint density at radius 3 is 2.57 bits per heavy atom. The number of H-pyrrole nitrogens is 1. The van der Waals surface area contributed by atoms with E-state index in [1.54, 1.807) is 12.1 Å². The normalized spacial score (nSPS) is 12.4. The van der Waals surface area contributed by atoms with E-state index in [-0.39, 0.29) is 11.8 Å². The first-order chi connectivity index (χ1) is 13.3. The molecule has 9 heteroatoms. The van der Waals surface area contributed by atoms with E-state index in [0.717, 1.165) is 17.4 Å². The Morgan fingerprint density at radius 2 is 1.93 bits per heavy atom. The number of benzene rings is 2. The molecular weight excluding hydrogens is 400 g/mol. The maximum atomic E-state index is 12.3. The minimum Gasteiger partial charge on any atom is -0.351 e. The first-order valence-electron chi connectivity index (χ1n) is 8.42. The molecular formula is C19H19ClN4O3S. The van der Waals surface area contributed by atoms with Crippen LogP contribution in [0.15, 0.2) is 60.9 Å². The molecule has 1 amide bonds. The van der Waals surface area contributed by atoms with Crippen LogP contribution in [0.4, 0.5) is 5.69 Å². The van der Waals surface area contributed by atoms with Gasteiger partial charge >= 0.3 is 0 Å². The van der Waals surface area contributed by atoms with Crippen LogP contribution in [-0.4, -0.2) is 37.3 Å². The number of aromatic nitrogens is 2. The van der Waals surface area contributed by atoms with Crippen LogP contribution in [0, 0.1) is 0 Å². The smallest absolute Gasteiger partial charge is 0.254 e. The van der Waals surface area contributed by atoms with Gasteiger partial charge in [0.1, 0.15) is 0 Å². The third-order valence-electron chi connectivity index (χ3n) is 4.05. The summed E-state index contributed by atoms with van der Waals surface area (Å²) in [7, 11) is -3.45. The highest BCUT2D eigenvalue weighted by molar-refractivity contribution is 7.92. The van der Waals surface area contributed by atoms with Gasteiger partial charge in [-0.2, -0.15) is 5.10 Å². The molecule has 146 valence electrons. The Hall–Kier alpha value is -2.84. The molecule has 0 saturated carbocycles. The van der Waals surface area contributed by atoms with Crippen LogP contribution in [0.1, 0.15) is 27.4 Å². The lowest BCUT2D eigenvalue weighted by molar-refractivity contribution is 0.0952. The maximum Gasteiger partial charge on any atom is 0.254 e. The molecule has 0 unspecified atom stereocenters. The molecule has 7 nitrogen and oxygen atoms in total. The standard InChI is InChI=1S/C19H19ClN4O3S/c1-28(26,27)24-17-8-14(7-16(20)9-17)18(13-5-3-2-4-6-13)12-21-19(25)15-10-22-23-11-15/h2-11,18,24H,12H2,1H3,(H,21,25)(H,22,23)/t18-/m0/s1. The number of carbonyl (C=O) groups excluding carboxylic acids is 1. The highest BCUT2D eigenvalue weighted by Crippen LogP contribution is 2.29. The molecule has 1 atom stereocenters. The summed E-state index contributed by atoms with van der Waals surface area (Å²) in [4.78, 5) is 12.3. The van der Waals surface area contributed by atoms with Gasteiger partial charge in [0.05, 0.1) is 23.7 Å². The number of sulfonamides is 1. The summed E-state index contributed by atoms with van der Waals surface area (Å²) in [6, 6.07) is 14.6. The van der Waals surface area contributed by atoms with E-state index in [2.05, 4.69) is 20.2 Å². The third-order valence-corrected chi connectivity index (χ3v) is 4.88. The predicted octanol–water partition coefficient (Wildman–Crippen LogP) is 3.00. The van der Waals surface area contributed by atoms with Crippen molar-refractivity contribution < 1.29 is 13.2 Å². The minimum absolute atomic E-state index is 0.226. The third kappa shape index (κ3) is 5.34. The van der Waals surface area contributed by atoms with E-state index in [4.69, 9.17) is 11.6 Å². The molecule has 0 aliphatic carbocycles. The van der Waals surface area contributed by atoms with Crippen molar-refractivity contribution in [3.63, 3.8) is 0 Å². The van der Waals surface area contributed by atoms with Crippen molar-refractivity contribution in [2.45, 2.75) is 5.92 Å². The van der Waals surface area contributed by atoms with Crippen molar-refractivity contribution in [1.29, 1.82) is 0 Å². The SMILES string of the molecule is CS(=O)(=O)Nc1cc(Cl)cc([C@@H](CNC(=O)c2cn[nH]c2)c2ccccc2)c1. The summed E-state index contributed by atoms with van der Waals surface area (Å²) in [5.74, 6) is -0.484. The number of hydrogen-bond acceptors (Lipinski definition) is 4. The number of amides is 1. The number of nitrogens with one attached hydrogen (secondary N) is 3. The fraction of sp³-hybridized carbons (Fsp3) is 0.158. The van der Waals surface area contributed by atoms with Crippen LogP contribution >= 0.6 is 11.6 Å². The molecule has 0 aliphatic rings. The van der Waals surface area contributed by atoms with E-state index in [1.165, 1.54) is 18.5 Å². The molecule has 0 aliphatic heterocycles. The van der Waals surface area contributed by atoms with Gasteiger partial charge in [-0.05, 0) is 29.3 Å². The van der Waals surface area contributed by atoms with Crippen LogP contribution in [-0.2, 0) is 10.0 Å². The van der Waals surface area contributed by atoms with Gasteiger partial charge in [-0.3, -0.25) is 14.6 Å². The summed E-state index contributed by atoms with van der Waals surface area (Å²) >= 11 is 6.22. The summed E-state index contributed by atoms with van der Waals surface area (Å²) in [5.41, 5.74) is 2.53. The second-order valence-electron chi connectivity index (χ2n) is 6.31. The molecule has 0 spiro atoms. The lowest BCUT2D eigenvalue weighted by atomic mass is 9.91. The van der Waals surface area contributed by atoms with Gasteiger partial charge in [0, 0.05) is 23.7 Å². The average molecular weight is 419 g/mol. The number of aromatic amines is 1. The van der Waals surface area contributed by atoms with Gasteiger partial charge in [0.2, 0.25) is 10.0 Å². The largest absolute Gasteiger partial charge is 0.351 e. The Bertz CT molecular complexity index is 1050. The van der Waals surface area contributed by atoms with Crippen LogP contribution < -0.4 is 10.0 Å². The Labute approximate surface area is 168 Å². The lowest BCUT2D eigenvalue weighted by Crippen LogP contribution is -2.28. The van der Waals surface area contributed by atoms with E-state index in [0.29, 0.717) is 22.8 Å². The first kappa shape index (κ1) is 19.9. The maximum absolute atomic E-state index is 12.3. The van der Waals surface area contributed by atoms with Crippen molar-refractivity contribution in [2.24, 2.45) is 0 Å². The minimum atomic E-state index is -3.45. The van der Waals surface area contributed by atoms with Gasteiger partial charge in [0.25, 0.3) is 5.91 Å². The zero-order valence-corrected chi connectivity index (χ0v) is 16.6. The van der Waals surface area contributed by atoms with Crippen molar-refractivity contribution in [1.82, 2.24) is 15.5 Å². The quantitative estimate of drug-likeness (QED) is 0.548. The fourth-order valence-corrected chi connectivity index (χ4v) is 3.66. The molecule has 0 fully saturated rings. The fourth-order valence-electron chi connectivity index (χ4n) is 2.87. The second kappa shape index (κ2) is 8.45. The topological polar surface area (TPSA) is 104 Å². The lowest BCUT2D eigenvalue weighted by Gasteiger charge is -2.20. The molecule has 1 heterocycles. The summed E-state index contributed by atoms with van der Waals surface area (Å²) in [5, 5.41) is 9.66. The van der Waals surface area contributed by atoms with Crippen LogP contribution in [0.25, 0.3) is 0 Å². The van der Waals surface area contributed by atoms with Crippen molar-refractivity contribution in [2.75, 3.05) is 17.5 Å². The van der Waals surface area contributed by atoms with E-state index in [1.807, 2.05) is 30.3 Å². The predicted molar refractivity (Wildman–Crippen MR) is 109 cm³/mol. The molecule has 0 bridgehead atoms. The number of carbonyl (C=O) groups is 1. The number of hydrogen-bond donors (Lipinski definition) is 3. The van der Waals surface area contributed by atoms with Gasteiger partial charge in [-0.15, -0.1) is 0 Å². The van der Waals surface area contributed by atoms with E-state index in [9.17, 15) is 13.2 Å². The molecule has 3 N–H and O–H groups in total. The molecule has 3 rings (SSSR count). The van der Waals surface area contributed by atoms with Crippen molar-refractivity contribution in [3.05, 3.63) is 82.6 Å². The highest BCUT2D eigenvalue weighted by atomic mass is 35.5. The number of rotatable bonds is 7. The molecule has 0 radical (unpaired) electrons. The van der Waals surface area contributed by atoms with Crippen LogP contribution in [0.5, 0.6) is 0 Å². The average Bonchev–Trinajstić information content (AvgIpc) is 3.15. The number of halogens is 1. The Kier molecular flexibility index (Phi) is 6.01. The van der Waals surface area contributed by atoms with Crippen molar-refractivity contribution in [3.8, 4) is 0 Å². The van der Waals surface area contributed by atoms with Gasteiger partial charge in [-0.25, -0.2) is 8.42 Å². The van der Waals surface area contributed by atoms with Gasteiger partial charge < -0.3 is 5.32 Å².